The third-order valence-electron chi connectivity index (χ3n) is 5.59. The Morgan fingerprint density at radius 2 is 1.65 bits per heavy atom. The van der Waals surface area contributed by atoms with E-state index in [1.54, 1.807) is 14.2 Å². The fourth-order valence-corrected chi connectivity index (χ4v) is 4.00. The molecule has 1 amide bonds. The molecular weight excluding hydrogens is 404 g/mol. The molecule has 2 N–H and O–H groups in total. The third-order valence-corrected chi connectivity index (χ3v) is 5.59. The van der Waals surface area contributed by atoms with E-state index in [-0.39, 0.29) is 5.92 Å². The van der Waals surface area contributed by atoms with E-state index in [2.05, 4.69) is 15.9 Å². The molecule has 9 nitrogen and oxygen atoms in total. The standard InChI is InChI=1S/C20H30N2O3.C2H2O4/c1-24-18-9-8-16(19(13-18)25-2)14-21-10-6-7-17(15-21)20(23)22-11-4-3-5-12-22;3-1(4)2(5)6/h8-9,13,17H,3-7,10-12,14-15H2,1-2H3;(H,3,4)(H,5,6). The van der Waals surface area contributed by atoms with Gasteiger partial charge in [-0.3, -0.25) is 9.69 Å². The number of amides is 1. The lowest BCUT2D eigenvalue weighted by molar-refractivity contribution is -0.159. The van der Waals surface area contributed by atoms with Crippen LogP contribution in [-0.2, 0) is 20.9 Å². The quantitative estimate of drug-likeness (QED) is 0.674. The van der Waals surface area contributed by atoms with E-state index in [9.17, 15) is 4.79 Å². The van der Waals surface area contributed by atoms with Crippen molar-refractivity contribution >= 4 is 17.8 Å². The molecule has 1 unspecified atom stereocenters. The highest BCUT2D eigenvalue weighted by Gasteiger charge is 2.30. The largest absolute Gasteiger partial charge is 0.497 e. The van der Waals surface area contributed by atoms with Gasteiger partial charge >= 0.3 is 11.9 Å². The van der Waals surface area contributed by atoms with Crippen molar-refractivity contribution in [3.8, 4) is 11.5 Å². The van der Waals surface area contributed by atoms with Crippen molar-refractivity contribution in [3.05, 3.63) is 23.8 Å². The van der Waals surface area contributed by atoms with Gasteiger partial charge in [-0.25, -0.2) is 9.59 Å². The molecule has 0 aromatic heterocycles. The van der Waals surface area contributed by atoms with Crippen LogP contribution in [0, 0.1) is 5.92 Å². The van der Waals surface area contributed by atoms with Crippen LogP contribution in [0.3, 0.4) is 0 Å². The minimum absolute atomic E-state index is 0.149. The molecule has 172 valence electrons. The number of rotatable bonds is 5. The van der Waals surface area contributed by atoms with E-state index in [0.717, 1.165) is 75.5 Å². The molecule has 31 heavy (non-hydrogen) atoms. The summed E-state index contributed by atoms with van der Waals surface area (Å²) in [5.41, 5.74) is 1.15. The Balaban J connectivity index is 0.000000501. The van der Waals surface area contributed by atoms with Crippen LogP contribution in [-0.4, -0.2) is 78.3 Å². The first kappa shape index (κ1) is 24.5. The number of piperidine rings is 2. The van der Waals surface area contributed by atoms with Gasteiger partial charge in [0, 0.05) is 37.8 Å². The first-order valence-corrected chi connectivity index (χ1v) is 10.5. The van der Waals surface area contributed by atoms with Gasteiger partial charge in [-0.15, -0.1) is 0 Å². The lowest BCUT2D eigenvalue weighted by atomic mass is 9.95. The van der Waals surface area contributed by atoms with E-state index in [1.807, 2.05) is 12.1 Å². The van der Waals surface area contributed by atoms with Crippen LogP contribution in [0.1, 0.15) is 37.7 Å². The van der Waals surface area contributed by atoms with Gasteiger partial charge in [-0.1, -0.05) is 6.07 Å². The highest BCUT2D eigenvalue weighted by molar-refractivity contribution is 6.27. The molecule has 2 heterocycles. The van der Waals surface area contributed by atoms with Gasteiger partial charge in [0.05, 0.1) is 20.1 Å². The number of carbonyl (C=O) groups excluding carboxylic acids is 1. The smallest absolute Gasteiger partial charge is 0.414 e. The summed E-state index contributed by atoms with van der Waals surface area (Å²) in [6.45, 7) is 4.60. The average molecular weight is 437 g/mol. The molecule has 2 aliphatic heterocycles. The molecule has 0 bridgehead atoms. The van der Waals surface area contributed by atoms with Gasteiger partial charge < -0.3 is 24.6 Å². The lowest BCUT2D eigenvalue weighted by Gasteiger charge is -2.36. The van der Waals surface area contributed by atoms with E-state index in [4.69, 9.17) is 29.3 Å². The van der Waals surface area contributed by atoms with E-state index in [1.165, 1.54) is 6.42 Å². The van der Waals surface area contributed by atoms with Gasteiger partial charge in [0.1, 0.15) is 11.5 Å². The zero-order valence-electron chi connectivity index (χ0n) is 18.2. The molecule has 1 aromatic rings. The summed E-state index contributed by atoms with van der Waals surface area (Å²) in [5.74, 6) is -1.48. The molecular formula is C22H32N2O7. The van der Waals surface area contributed by atoms with Crippen LogP contribution in [0.2, 0.25) is 0 Å². The number of carbonyl (C=O) groups is 3. The third kappa shape index (κ3) is 7.43. The highest BCUT2D eigenvalue weighted by Crippen LogP contribution is 2.28. The summed E-state index contributed by atoms with van der Waals surface area (Å²) in [7, 11) is 3.35. The lowest BCUT2D eigenvalue weighted by Crippen LogP contribution is -2.46. The average Bonchev–Trinajstić information content (AvgIpc) is 2.80. The van der Waals surface area contributed by atoms with E-state index < -0.39 is 11.9 Å². The molecule has 0 spiro atoms. The second-order valence-electron chi connectivity index (χ2n) is 7.75. The Kier molecular flexibility index (Phi) is 9.58. The van der Waals surface area contributed by atoms with Crippen molar-refractivity contribution in [2.24, 2.45) is 5.92 Å². The number of ether oxygens (including phenoxy) is 2. The molecule has 2 saturated heterocycles. The zero-order valence-corrected chi connectivity index (χ0v) is 18.2. The first-order chi connectivity index (χ1) is 14.8. The predicted molar refractivity (Wildman–Crippen MR) is 113 cm³/mol. The van der Waals surface area contributed by atoms with Crippen molar-refractivity contribution in [1.82, 2.24) is 9.80 Å². The van der Waals surface area contributed by atoms with Gasteiger partial charge in [-0.2, -0.15) is 0 Å². The number of nitrogens with zero attached hydrogens (tertiary/aromatic N) is 2. The summed E-state index contributed by atoms with van der Waals surface area (Å²) in [5, 5.41) is 14.8. The maximum Gasteiger partial charge on any atom is 0.414 e. The Morgan fingerprint density at radius 3 is 2.23 bits per heavy atom. The fraction of sp³-hybridized carbons (Fsp3) is 0.591. The Hall–Kier alpha value is -2.81. The van der Waals surface area contributed by atoms with Crippen molar-refractivity contribution in [3.63, 3.8) is 0 Å². The van der Waals surface area contributed by atoms with Gasteiger partial charge in [-0.05, 0) is 44.7 Å². The summed E-state index contributed by atoms with van der Waals surface area (Å²) >= 11 is 0. The molecule has 2 fully saturated rings. The number of likely N-dealkylation sites (tertiary alicyclic amines) is 2. The van der Waals surface area contributed by atoms with E-state index in [0.29, 0.717) is 5.91 Å². The van der Waals surface area contributed by atoms with Crippen molar-refractivity contribution in [2.45, 2.75) is 38.6 Å². The minimum Gasteiger partial charge on any atom is -0.497 e. The summed E-state index contributed by atoms with van der Waals surface area (Å²) in [4.78, 5) is 35.5. The zero-order chi connectivity index (χ0) is 22.8. The van der Waals surface area contributed by atoms with Crippen LogP contribution >= 0.6 is 0 Å². The molecule has 1 atom stereocenters. The van der Waals surface area contributed by atoms with Crippen molar-refractivity contribution in [1.29, 1.82) is 0 Å². The number of benzene rings is 1. The molecule has 9 heteroatoms. The molecule has 0 radical (unpaired) electrons. The summed E-state index contributed by atoms with van der Waals surface area (Å²) < 4.78 is 10.8. The Labute approximate surface area is 182 Å². The molecule has 3 rings (SSSR count). The second-order valence-corrected chi connectivity index (χ2v) is 7.75. The van der Waals surface area contributed by atoms with Crippen LogP contribution in [0.25, 0.3) is 0 Å². The van der Waals surface area contributed by atoms with Crippen LogP contribution in [0.15, 0.2) is 18.2 Å². The number of carboxylic acid groups (broad SMARTS) is 2. The molecule has 1 aromatic carbocycles. The normalized spacial score (nSPS) is 19.0. The molecule has 0 aliphatic carbocycles. The maximum absolute atomic E-state index is 12.8. The number of hydrogen-bond donors (Lipinski definition) is 2. The van der Waals surface area contributed by atoms with Crippen LogP contribution < -0.4 is 9.47 Å². The second kappa shape index (κ2) is 12.1. The van der Waals surface area contributed by atoms with Crippen molar-refractivity contribution in [2.75, 3.05) is 40.4 Å². The number of methoxy groups -OCH3 is 2. The molecule has 0 saturated carbocycles. The van der Waals surface area contributed by atoms with Gasteiger partial charge in [0.15, 0.2) is 0 Å². The number of hydrogen-bond acceptors (Lipinski definition) is 6. The maximum atomic E-state index is 12.8. The van der Waals surface area contributed by atoms with Gasteiger partial charge in [0.25, 0.3) is 0 Å². The van der Waals surface area contributed by atoms with Crippen LogP contribution in [0.4, 0.5) is 0 Å². The minimum atomic E-state index is -1.82. The van der Waals surface area contributed by atoms with Crippen molar-refractivity contribution < 1.29 is 34.1 Å². The summed E-state index contributed by atoms with van der Waals surface area (Å²) in [6, 6.07) is 5.96. The molecule has 2 aliphatic rings. The van der Waals surface area contributed by atoms with Crippen LogP contribution in [0.5, 0.6) is 11.5 Å². The Morgan fingerprint density at radius 1 is 0.968 bits per heavy atom. The number of carboxylic acids is 2. The highest BCUT2D eigenvalue weighted by atomic mass is 16.5. The first-order valence-electron chi connectivity index (χ1n) is 10.5. The van der Waals surface area contributed by atoms with E-state index >= 15 is 0 Å². The topological polar surface area (TPSA) is 117 Å². The number of aliphatic carboxylic acids is 2. The SMILES string of the molecule is COc1ccc(CN2CCCC(C(=O)N3CCCCC3)C2)c(OC)c1.O=C(O)C(=O)O. The van der Waals surface area contributed by atoms with Gasteiger partial charge in [0.2, 0.25) is 5.91 Å². The fourth-order valence-electron chi connectivity index (χ4n) is 4.00. The predicted octanol–water partition coefficient (Wildman–Crippen LogP) is 2.08. The summed E-state index contributed by atoms with van der Waals surface area (Å²) in [6.07, 6.45) is 5.68. The monoisotopic (exact) mass is 436 g/mol. The Bertz CT molecular complexity index is 750.